The van der Waals surface area contributed by atoms with Crippen LogP contribution >= 0.6 is 0 Å². The Labute approximate surface area is 122 Å². The summed E-state index contributed by atoms with van der Waals surface area (Å²) in [6, 6.07) is 7.67. The van der Waals surface area contributed by atoms with E-state index in [2.05, 4.69) is 15.1 Å². The van der Waals surface area contributed by atoms with Gasteiger partial charge in [-0.15, -0.1) is 0 Å². The summed E-state index contributed by atoms with van der Waals surface area (Å²) in [6.07, 6.45) is 5.15. The third-order valence-electron chi connectivity index (χ3n) is 3.22. The van der Waals surface area contributed by atoms with Crippen molar-refractivity contribution < 1.29 is 4.74 Å². The van der Waals surface area contributed by atoms with E-state index in [1.54, 1.807) is 18.0 Å². The molecule has 2 N–H and O–H groups in total. The number of nitrogens with two attached hydrogens (primary N) is 1. The molecular weight excluding hydrogens is 266 g/mol. The van der Waals surface area contributed by atoms with E-state index in [0.29, 0.717) is 11.7 Å². The number of nitrogens with zero attached hydrogens (tertiary/aromatic N) is 4. The molecular formula is C15H15N5O. The first-order chi connectivity index (χ1) is 10.2. The zero-order valence-corrected chi connectivity index (χ0v) is 11.8. The molecule has 3 aromatic rings. The lowest BCUT2D eigenvalue weighted by Gasteiger charge is -2.07. The summed E-state index contributed by atoms with van der Waals surface area (Å²) >= 11 is 0. The lowest BCUT2D eigenvalue weighted by molar-refractivity contribution is 0.392. The van der Waals surface area contributed by atoms with Crippen LogP contribution in [-0.2, 0) is 0 Å². The van der Waals surface area contributed by atoms with Crippen molar-refractivity contribution in [3.8, 4) is 22.8 Å². The van der Waals surface area contributed by atoms with Gasteiger partial charge in [-0.05, 0) is 24.6 Å². The maximum absolute atomic E-state index is 5.81. The third kappa shape index (κ3) is 2.43. The number of ether oxygens (including phenoxy) is 1. The van der Waals surface area contributed by atoms with Gasteiger partial charge in [0.05, 0.1) is 18.9 Å². The van der Waals surface area contributed by atoms with Crippen LogP contribution in [0.3, 0.4) is 0 Å². The molecule has 6 nitrogen and oxygen atoms in total. The highest BCUT2D eigenvalue weighted by Crippen LogP contribution is 2.24. The second kappa shape index (κ2) is 5.24. The summed E-state index contributed by atoms with van der Waals surface area (Å²) < 4.78 is 6.91. The average Bonchev–Trinajstić information content (AvgIpc) is 2.97. The topological polar surface area (TPSA) is 78.9 Å². The molecule has 0 amide bonds. The van der Waals surface area contributed by atoms with E-state index in [4.69, 9.17) is 10.5 Å². The molecule has 0 unspecified atom stereocenters. The van der Waals surface area contributed by atoms with Gasteiger partial charge in [0.2, 0.25) is 5.88 Å². The van der Waals surface area contributed by atoms with Crippen LogP contribution in [0.1, 0.15) is 5.56 Å². The molecule has 2 heterocycles. The van der Waals surface area contributed by atoms with Gasteiger partial charge < -0.3 is 10.5 Å². The van der Waals surface area contributed by atoms with Crippen molar-refractivity contribution in [2.75, 3.05) is 12.8 Å². The normalized spacial score (nSPS) is 10.6. The molecule has 0 aliphatic heterocycles. The highest BCUT2D eigenvalue weighted by Gasteiger charge is 2.11. The Hall–Kier alpha value is -2.89. The minimum absolute atomic E-state index is 0.543. The van der Waals surface area contributed by atoms with Gasteiger partial charge in [0, 0.05) is 17.4 Å². The average molecular weight is 281 g/mol. The molecule has 3 rings (SSSR count). The minimum atomic E-state index is 0.543. The summed E-state index contributed by atoms with van der Waals surface area (Å²) in [5.74, 6) is 1.23. The van der Waals surface area contributed by atoms with E-state index in [1.165, 1.54) is 6.33 Å². The van der Waals surface area contributed by atoms with Gasteiger partial charge in [0.1, 0.15) is 6.33 Å². The van der Waals surface area contributed by atoms with Gasteiger partial charge in [-0.2, -0.15) is 5.10 Å². The Balaban J connectivity index is 2.03. The maximum atomic E-state index is 5.81. The van der Waals surface area contributed by atoms with Gasteiger partial charge in [-0.3, -0.25) is 0 Å². The second-order valence-corrected chi connectivity index (χ2v) is 4.63. The molecule has 0 saturated carbocycles. The Morgan fingerprint density at radius 1 is 1.19 bits per heavy atom. The summed E-state index contributed by atoms with van der Waals surface area (Å²) in [7, 11) is 1.58. The van der Waals surface area contributed by atoms with Crippen LogP contribution in [0, 0.1) is 6.92 Å². The highest BCUT2D eigenvalue weighted by molar-refractivity contribution is 5.66. The smallest absolute Gasteiger partial charge is 0.221 e. The summed E-state index contributed by atoms with van der Waals surface area (Å²) in [6.45, 7) is 1.90. The number of aromatic nitrogens is 4. The molecule has 0 spiro atoms. The monoisotopic (exact) mass is 281 g/mol. The fourth-order valence-corrected chi connectivity index (χ4v) is 2.17. The molecule has 0 radical (unpaired) electrons. The quantitative estimate of drug-likeness (QED) is 0.745. The van der Waals surface area contributed by atoms with E-state index in [9.17, 15) is 0 Å². The van der Waals surface area contributed by atoms with Crippen molar-refractivity contribution in [2.45, 2.75) is 6.92 Å². The molecule has 0 saturated heterocycles. The number of hydrogen-bond donors (Lipinski definition) is 1. The van der Waals surface area contributed by atoms with Gasteiger partial charge in [-0.1, -0.05) is 12.1 Å². The number of hydrogen-bond acceptors (Lipinski definition) is 5. The molecule has 21 heavy (non-hydrogen) atoms. The first kappa shape index (κ1) is 13.1. The molecule has 0 atom stereocenters. The molecule has 6 heteroatoms. The predicted octanol–water partition coefficient (Wildman–Crippen LogP) is 2.23. The largest absolute Gasteiger partial charge is 0.481 e. The Kier molecular flexibility index (Phi) is 3.27. The number of nitrogen functional groups attached to an aromatic ring is 1. The molecule has 0 fully saturated rings. The van der Waals surface area contributed by atoms with E-state index < -0.39 is 0 Å². The molecule has 106 valence electrons. The van der Waals surface area contributed by atoms with Crippen molar-refractivity contribution >= 4 is 5.69 Å². The van der Waals surface area contributed by atoms with Gasteiger partial charge >= 0.3 is 0 Å². The third-order valence-corrected chi connectivity index (χ3v) is 3.22. The first-order valence-electron chi connectivity index (χ1n) is 6.45. The first-order valence-corrected chi connectivity index (χ1v) is 6.45. The molecule has 1 aromatic carbocycles. The molecule has 2 aromatic heterocycles. The van der Waals surface area contributed by atoms with Crippen LogP contribution in [0.25, 0.3) is 16.9 Å². The fraction of sp³-hybridized carbons (Fsp3) is 0.133. The zero-order chi connectivity index (χ0) is 14.8. The van der Waals surface area contributed by atoms with Crippen LogP contribution in [0.4, 0.5) is 5.69 Å². The van der Waals surface area contributed by atoms with Crippen molar-refractivity contribution in [3.63, 3.8) is 0 Å². The number of anilines is 1. The van der Waals surface area contributed by atoms with E-state index in [-0.39, 0.29) is 0 Å². The standard InChI is InChI=1S/C15H15N5O/c1-10-14(17-9-18-15(10)21-2)20-8-12(7-19-20)11-4-3-5-13(16)6-11/h3-9H,16H2,1-2H3. The van der Waals surface area contributed by atoms with Crippen molar-refractivity contribution in [2.24, 2.45) is 0 Å². The van der Waals surface area contributed by atoms with Crippen LogP contribution in [0.2, 0.25) is 0 Å². The number of rotatable bonds is 3. The van der Waals surface area contributed by atoms with Crippen LogP contribution in [0.5, 0.6) is 5.88 Å². The molecule has 0 aliphatic carbocycles. The number of methoxy groups -OCH3 is 1. The highest BCUT2D eigenvalue weighted by atomic mass is 16.5. The van der Waals surface area contributed by atoms with Crippen LogP contribution < -0.4 is 10.5 Å². The molecule has 0 aliphatic rings. The molecule has 0 bridgehead atoms. The lowest BCUT2D eigenvalue weighted by Crippen LogP contribution is -2.03. The lowest BCUT2D eigenvalue weighted by atomic mass is 10.1. The second-order valence-electron chi connectivity index (χ2n) is 4.63. The zero-order valence-electron chi connectivity index (χ0n) is 11.8. The van der Waals surface area contributed by atoms with Gasteiger partial charge in [0.15, 0.2) is 5.82 Å². The van der Waals surface area contributed by atoms with E-state index in [1.807, 2.05) is 37.4 Å². The Morgan fingerprint density at radius 2 is 2.05 bits per heavy atom. The number of benzene rings is 1. The Bertz CT molecular complexity index is 781. The van der Waals surface area contributed by atoms with E-state index in [0.717, 1.165) is 22.4 Å². The SMILES string of the molecule is COc1ncnc(-n2cc(-c3cccc(N)c3)cn2)c1C. The predicted molar refractivity (Wildman–Crippen MR) is 80.3 cm³/mol. The fourth-order valence-electron chi connectivity index (χ4n) is 2.17. The summed E-state index contributed by atoms with van der Waals surface area (Å²) in [5, 5.41) is 4.36. The van der Waals surface area contributed by atoms with Crippen molar-refractivity contribution in [3.05, 3.63) is 48.5 Å². The van der Waals surface area contributed by atoms with Gasteiger partial charge in [-0.25, -0.2) is 14.6 Å². The minimum Gasteiger partial charge on any atom is -0.481 e. The Morgan fingerprint density at radius 3 is 2.81 bits per heavy atom. The maximum Gasteiger partial charge on any atom is 0.221 e. The van der Waals surface area contributed by atoms with Crippen molar-refractivity contribution in [1.29, 1.82) is 0 Å². The van der Waals surface area contributed by atoms with E-state index >= 15 is 0 Å². The van der Waals surface area contributed by atoms with Crippen molar-refractivity contribution in [1.82, 2.24) is 19.7 Å². The summed E-state index contributed by atoms with van der Waals surface area (Å²) in [4.78, 5) is 8.33. The van der Waals surface area contributed by atoms with Crippen LogP contribution in [0.15, 0.2) is 43.0 Å². The summed E-state index contributed by atoms with van der Waals surface area (Å²) in [5.41, 5.74) is 9.35. The van der Waals surface area contributed by atoms with Crippen LogP contribution in [-0.4, -0.2) is 26.9 Å². The van der Waals surface area contributed by atoms with Gasteiger partial charge in [0.25, 0.3) is 0 Å².